The third-order valence-electron chi connectivity index (χ3n) is 5.65. The lowest BCUT2D eigenvalue weighted by Crippen LogP contribution is -2.54. The lowest BCUT2D eigenvalue weighted by Gasteiger charge is -2.41. The number of carbonyl (C=O) groups excluding carboxylic acids is 1. The maximum Gasteiger partial charge on any atom is 0.242 e. The minimum atomic E-state index is 0.202. The molecule has 1 saturated heterocycles. The Morgan fingerprint density at radius 1 is 1.11 bits per heavy atom. The first-order valence-corrected chi connectivity index (χ1v) is 11.3. The molecule has 1 atom stereocenters. The van der Waals surface area contributed by atoms with E-state index >= 15 is 0 Å². The summed E-state index contributed by atoms with van der Waals surface area (Å²) in [6.45, 7) is 7.19. The van der Waals surface area contributed by atoms with Crippen LogP contribution in [0, 0.1) is 6.92 Å². The number of benzene rings is 2. The van der Waals surface area contributed by atoms with E-state index in [1.165, 1.54) is 22.2 Å². The molecule has 0 aliphatic carbocycles. The molecule has 0 N–H and O–H groups in total. The number of anilines is 1. The molecule has 2 heterocycles. The van der Waals surface area contributed by atoms with E-state index < -0.39 is 0 Å². The molecule has 0 radical (unpaired) electrons. The van der Waals surface area contributed by atoms with Gasteiger partial charge in [-0.3, -0.25) is 4.79 Å². The van der Waals surface area contributed by atoms with Crippen LogP contribution in [0.15, 0.2) is 54.7 Å². The third-order valence-corrected chi connectivity index (χ3v) is 6.53. The van der Waals surface area contributed by atoms with E-state index in [9.17, 15) is 4.79 Å². The van der Waals surface area contributed by atoms with Gasteiger partial charge in [-0.05, 0) is 49.1 Å². The number of aromatic nitrogens is 1. The minimum Gasteiger partial charge on any atom is -0.368 e. The molecule has 2 aromatic carbocycles. The topological polar surface area (TPSA) is 28.5 Å². The molecule has 0 bridgehead atoms. The lowest BCUT2D eigenvalue weighted by molar-refractivity contribution is -0.134. The molecule has 146 valence electrons. The third kappa shape index (κ3) is 3.90. The highest BCUT2D eigenvalue weighted by Crippen LogP contribution is 2.22. The molecule has 1 amide bonds. The number of carbonyl (C=O) groups is 1. The second kappa shape index (κ2) is 8.15. The van der Waals surface area contributed by atoms with Crippen LogP contribution in [-0.4, -0.2) is 41.1 Å². The zero-order valence-corrected chi connectivity index (χ0v) is 18.6. The van der Waals surface area contributed by atoms with Gasteiger partial charge < -0.3 is 14.4 Å². The van der Waals surface area contributed by atoms with Crippen LogP contribution < -0.4 is 4.90 Å². The van der Waals surface area contributed by atoms with E-state index in [0.717, 1.165) is 29.6 Å². The molecule has 28 heavy (non-hydrogen) atoms. The summed E-state index contributed by atoms with van der Waals surface area (Å²) in [5.41, 5.74) is 4.96. The van der Waals surface area contributed by atoms with Crippen LogP contribution in [0.25, 0.3) is 10.9 Å². The van der Waals surface area contributed by atoms with Gasteiger partial charge in [0.1, 0.15) is 6.54 Å². The SMILES string of the molecule is Cc1ccc(N2CCN(C(=O)Cn3ccc4ccc(CI)cc43)C(C)C2)cc1. The first kappa shape index (κ1) is 19.3. The zero-order valence-electron chi connectivity index (χ0n) is 16.4. The van der Waals surface area contributed by atoms with Crippen LogP contribution in [0.1, 0.15) is 18.1 Å². The van der Waals surface area contributed by atoms with Crippen molar-refractivity contribution < 1.29 is 4.79 Å². The van der Waals surface area contributed by atoms with Crippen molar-refractivity contribution in [2.24, 2.45) is 0 Å². The maximum absolute atomic E-state index is 13.0. The van der Waals surface area contributed by atoms with E-state index in [2.05, 4.69) is 94.4 Å². The molecular formula is C23H26IN3O. The normalized spacial score (nSPS) is 17.3. The molecule has 1 fully saturated rings. The number of amides is 1. The first-order valence-electron chi connectivity index (χ1n) is 9.80. The number of rotatable bonds is 4. The van der Waals surface area contributed by atoms with Gasteiger partial charge >= 0.3 is 0 Å². The highest BCUT2D eigenvalue weighted by molar-refractivity contribution is 14.1. The Hall–Kier alpha value is -2.02. The van der Waals surface area contributed by atoms with Gasteiger partial charge in [-0.25, -0.2) is 0 Å². The molecule has 4 nitrogen and oxygen atoms in total. The van der Waals surface area contributed by atoms with Crippen LogP contribution in [0.5, 0.6) is 0 Å². The second-order valence-electron chi connectivity index (χ2n) is 7.69. The largest absolute Gasteiger partial charge is 0.368 e. The van der Waals surface area contributed by atoms with E-state index in [1.807, 2.05) is 11.1 Å². The number of hydrogen-bond acceptors (Lipinski definition) is 2. The van der Waals surface area contributed by atoms with Crippen molar-refractivity contribution in [1.82, 2.24) is 9.47 Å². The average Bonchev–Trinajstić information content (AvgIpc) is 3.10. The van der Waals surface area contributed by atoms with Crippen molar-refractivity contribution in [3.63, 3.8) is 0 Å². The molecule has 0 spiro atoms. The summed E-state index contributed by atoms with van der Waals surface area (Å²) in [7, 11) is 0. The Morgan fingerprint density at radius 2 is 1.89 bits per heavy atom. The van der Waals surface area contributed by atoms with Crippen molar-refractivity contribution in [2.75, 3.05) is 24.5 Å². The highest BCUT2D eigenvalue weighted by Gasteiger charge is 2.27. The minimum absolute atomic E-state index is 0.202. The maximum atomic E-state index is 13.0. The molecule has 4 rings (SSSR count). The fraction of sp³-hybridized carbons (Fsp3) is 0.348. The van der Waals surface area contributed by atoms with Crippen molar-refractivity contribution in [2.45, 2.75) is 30.9 Å². The van der Waals surface area contributed by atoms with Crippen molar-refractivity contribution in [1.29, 1.82) is 0 Å². The van der Waals surface area contributed by atoms with E-state index in [4.69, 9.17) is 0 Å². The smallest absolute Gasteiger partial charge is 0.242 e. The molecule has 1 unspecified atom stereocenters. The number of fused-ring (bicyclic) bond motifs is 1. The Bertz CT molecular complexity index is 979. The molecule has 1 aliphatic rings. The van der Waals surface area contributed by atoms with Gasteiger partial charge in [-0.1, -0.05) is 52.4 Å². The Balaban J connectivity index is 1.45. The van der Waals surface area contributed by atoms with Crippen molar-refractivity contribution in [3.05, 3.63) is 65.9 Å². The predicted molar refractivity (Wildman–Crippen MR) is 124 cm³/mol. The number of alkyl halides is 1. The number of piperazine rings is 1. The van der Waals surface area contributed by atoms with Gasteiger partial charge in [-0.2, -0.15) is 0 Å². The Labute approximate surface area is 180 Å². The standard InChI is InChI=1S/C23H26IN3O/c1-17-3-7-21(8-4-17)25-11-12-27(18(2)15-25)23(28)16-26-10-9-20-6-5-19(14-24)13-22(20)26/h3-10,13,18H,11-12,14-16H2,1-2H3. The van der Waals surface area contributed by atoms with Gasteiger partial charge in [0, 0.05) is 47.5 Å². The summed E-state index contributed by atoms with van der Waals surface area (Å²) in [5, 5.41) is 1.19. The number of halogens is 1. The molecule has 1 aromatic heterocycles. The Morgan fingerprint density at radius 3 is 2.61 bits per heavy atom. The number of nitrogens with zero attached hydrogens (tertiary/aromatic N) is 3. The average molecular weight is 487 g/mol. The van der Waals surface area contributed by atoms with Gasteiger partial charge in [0.05, 0.1) is 0 Å². The molecule has 0 saturated carbocycles. The summed E-state index contributed by atoms with van der Waals surface area (Å²) in [5.74, 6) is 0.202. The van der Waals surface area contributed by atoms with Crippen molar-refractivity contribution >= 4 is 45.1 Å². The summed E-state index contributed by atoms with van der Waals surface area (Å²) in [6, 6.07) is 17.5. The van der Waals surface area contributed by atoms with Gasteiger partial charge in [0.2, 0.25) is 5.91 Å². The molecular weight excluding hydrogens is 461 g/mol. The van der Waals surface area contributed by atoms with Crippen LogP contribution in [-0.2, 0) is 15.8 Å². The van der Waals surface area contributed by atoms with Crippen LogP contribution >= 0.6 is 22.6 Å². The molecule has 1 aliphatic heterocycles. The van der Waals surface area contributed by atoms with Gasteiger partial charge in [-0.15, -0.1) is 0 Å². The number of aryl methyl sites for hydroxylation is 1. The van der Waals surface area contributed by atoms with Gasteiger partial charge in [0.25, 0.3) is 0 Å². The van der Waals surface area contributed by atoms with E-state index in [1.54, 1.807) is 0 Å². The molecule has 3 aromatic rings. The summed E-state index contributed by atoms with van der Waals surface area (Å²) in [6.07, 6.45) is 2.03. The van der Waals surface area contributed by atoms with Crippen molar-refractivity contribution in [3.8, 4) is 0 Å². The Kier molecular flexibility index (Phi) is 5.62. The summed E-state index contributed by atoms with van der Waals surface area (Å²) < 4.78 is 3.07. The monoisotopic (exact) mass is 487 g/mol. The predicted octanol–water partition coefficient (Wildman–Crippen LogP) is 4.62. The fourth-order valence-electron chi connectivity index (χ4n) is 4.01. The van der Waals surface area contributed by atoms with Gasteiger partial charge in [0.15, 0.2) is 0 Å². The fourth-order valence-corrected chi connectivity index (χ4v) is 4.48. The summed E-state index contributed by atoms with van der Waals surface area (Å²) in [4.78, 5) is 17.5. The van der Waals surface area contributed by atoms with Crippen LogP contribution in [0.4, 0.5) is 5.69 Å². The first-order chi connectivity index (χ1) is 13.5. The van der Waals surface area contributed by atoms with Crippen LogP contribution in [0.2, 0.25) is 0 Å². The van der Waals surface area contributed by atoms with E-state index in [-0.39, 0.29) is 11.9 Å². The molecule has 5 heteroatoms. The summed E-state index contributed by atoms with van der Waals surface area (Å²) >= 11 is 2.38. The van der Waals surface area contributed by atoms with E-state index in [0.29, 0.717) is 6.54 Å². The number of hydrogen-bond donors (Lipinski definition) is 0. The second-order valence-corrected chi connectivity index (χ2v) is 8.45. The lowest BCUT2D eigenvalue weighted by atomic mass is 10.1. The highest BCUT2D eigenvalue weighted by atomic mass is 127. The van der Waals surface area contributed by atoms with Crippen LogP contribution in [0.3, 0.4) is 0 Å². The quantitative estimate of drug-likeness (QED) is 0.397. The zero-order chi connectivity index (χ0) is 19.7.